The smallest absolute Gasteiger partial charge is 0.305 e. The number of carbonyl (C=O) groups is 4. The molecule has 3 atom stereocenters. The number of aliphatic hydroxyl groups is 1. The summed E-state index contributed by atoms with van der Waals surface area (Å²) in [5.74, 6) is -2.30. The zero-order valence-electron chi connectivity index (χ0n) is 22.1. The monoisotopic (exact) mass is 535 g/mol. The van der Waals surface area contributed by atoms with Crippen molar-refractivity contribution in [1.82, 2.24) is 10.2 Å². The summed E-state index contributed by atoms with van der Waals surface area (Å²) in [7, 11) is 0. The van der Waals surface area contributed by atoms with E-state index in [1.165, 1.54) is 0 Å². The number of hydrogen-bond donors (Lipinski definition) is 3. The maximum Gasteiger partial charge on any atom is 0.305 e. The molecule has 0 saturated carbocycles. The number of nitrogens with one attached hydrogen (secondary N) is 2. The molecule has 3 N–H and O–H groups in total. The van der Waals surface area contributed by atoms with Gasteiger partial charge in [-0.25, -0.2) is 0 Å². The lowest BCUT2D eigenvalue weighted by Gasteiger charge is -2.26. The largest absolute Gasteiger partial charge is 0.463 e. The lowest BCUT2D eigenvalue weighted by molar-refractivity contribution is -0.146. The van der Waals surface area contributed by atoms with Gasteiger partial charge in [0.2, 0.25) is 11.8 Å². The highest BCUT2D eigenvalue weighted by atomic mass is 16.5. The van der Waals surface area contributed by atoms with Crippen molar-refractivity contribution in [3.05, 3.63) is 54.6 Å². The van der Waals surface area contributed by atoms with Gasteiger partial charge in [-0.05, 0) is 61.4 Å². The molecule has 2 aromatic carbocycles. The Kier molecular flexibility index (Phi) is 10.1. The molecule has 9 heteroatoms. The fraction of sp³-hybridized carbons (Fsp3) is 0.467. The van der Waals surface area contributed by atoms with Crippen LogP contribution in [0.2, 0.25) is 0 Å². The highest BCUT2D eigenvalue weighted by molar-refractivity contribution is 5.99. The van der Waals surface area contributed by atoms with Gasteiger partial charge in [-0.2, -0.15) is 0 Å². The number of nitrogens with zero attached hydrogens (tertiary/aromatic N) is 1. The molecule has 4 rings (SSSR count). The molecule has 0 spiro atoms. The number of amides is 3. The van der Waals surface area contributed by atoms with Crippen LogP contribution < -0.4 is 10.6 Å². The van der Waals surface area contributed by atoms with Crippen molar-refractivity contribution in [3.63, 3.8) is 0 Å². The van der Waals surface area contributed by atoms with Crippen LogP contribution in [-0.4, -0.2) is 65.5 Å². The number of likely N-dealkylation sites (tertiary alicyclic amines) is 1. The van der Waals surface area contributed by atoms with E-state index >= 15 is 0 Å². The Morgan fingerprint density at radius 1 is 1.05 bits per heavy atom. The summed E-state index contributed by atoms with van der Waals surface area (Å²) in [6, 6.07) is 11.9. The van der Waals surface area contributed by atoms with Crippen molar-refractivity contribution in [2.45, 2.75) is 63.5 Å². The van der Waals surface area contributed by atoms with Gasteiger partial charge in [0, 0.05) is 25.1 Å². The standard InChI is InChI=1S/C30H37N3O6/c34-19-25-12-8-16-33(25)27(35)18-23-11-4-2-1-3-5-13-28(36)39-20-26(32-29(23)37)30(38)31-24-15-14-21-9-6-7-10-22(21)17-24/h2,4,6-7,9-10,14-15,17,23,25-26,34H,1,3,5,8,11-13,16,18-20H2,(H,31,38)(H,32,37). The molecule has 2 aromatic rings. The molecule has 2 aliphatic rings. The molecule has 3 amide bonds. The Labute approximate surface area is 228 Å². The molecule has 2 heterocycles. The summed E-state index contributed by atoms with van der Waals surface area (Å²) in [6.45, 7) is 0.144. The first-order valence-electron chi connectivity index (χ1n) is 13.8. The fourth-order valence-electron chi connectivity index (χ4n) is 5.09. The number of anilines is 1. The quantitative estimate of drug-likeness (QED) is 0.399. The topological polar surface area (TPSA) is 125 Å². The minimum atomic E-state index is -1.13. The van der Waals surface area contributed by atoms with Crippen LogP contribution in [0.1, 0.15) is 51.4 Å². The van der Waals surface area contributed by atoms with Crippen molar-refractivity contribution in [2.24, 2.45) is 5.92 Å². The van der Waals surface area contributed by atoms with Crippen LogP contribution in [0.4, 0.5) is 5.69 Å². The molecule has 39 heavy (non-hydrogen) atoms. The lowest BCUT2D eigenvalue weighted by atomic mass is 9.97. The molecule has 0 aromatic heterocycles. The Hall–Kier alpha value is -3.72. The number of ether oxygens (including phenoxy) is 1. The van der Waals surface area contributed by atoms with Gasteiger partial charge in [0.25, 0.3) is 5.91 Å². The van der Waals surface area contributed by atoms with Crippen LogP contribution in [0, 0.1) is 5.92 Å². The van der Waals surface area contributed by atoms with E-state index in [1.54, 1.807) is 11.0 Å². The second-order valence-electron chi connectivity index (χ2n) is 10.2. The van der Waals surface area contributed by atoms with Crippen LogP contribution in [0.25, 0.3) is 10.8 Å². The molecule has 3 unspecified atom stereocenters. The summed E-state index contributed by atoms with van der Waals surface area (Å²) < 4.78 is 5.37. The molecule has 9 nitrogen and oxygen atoms in total. The normalized spacial score (nSPS) is 23.1. The third-order valence-corrected chi connectivity index (χ3v) is 7.35. The average Bonchev–Trinajstić information content (AvgIpc) is 3.42. The summed E-state index contributed by atoms with van der Waals surface area (Å²) in [6.07, 6.45) is 8.14. The van der Waals surface area contributed by atoms with Gasteiger partial charge >= 0.3 is 5.97 Å². The Bertz CT molecular complexity index is 1210. The maximum absolute atomic E-state index is 13.4. The summed E-state index contributed by atoms with van der Waals surface area (Å²) >= 11 is 0. The van der Waals surface area contributed by atoms with Gasteiger partial charge in [-0.3, -0.25) is 19.2 Å². The van der Waals surface area contributed by atoms with E-state index < -0.39 is 29.7 Å². The van der Waals surface area contributed by atoms with Gasteiger partial charge in [0.15, 0.2) is 0 Å². The van der Waals surface area contributed by atoms with Crippen molar-refractivity contribution >= 4 is 40.2 Å². The first kappa shape index (κ1) is 28.3. The summed E-state index contributed by atoms with van der Waals surface area (Å²) in [5, 5.41) is 17.2. The third-order valence-electron chi connectivity index (χ3n) is 7.35. The number of cyclic esters (lactones) is 1. The predicted octanol–water partition coefficient (Wildman–Crippen LogP) is 3.32. The third kappa shape index (κ3) is 7.89. The fourth-order valence-corrected chi connectivity index (χ4v) is 5.09. The van der Waals surface area contributed by atoms with E-state index in [1.807, 2.05) is 48.6 Å². The molecule has 0 aliphatic carbocycles. The minimum absolute atomic E-state index is 0.0362. The molecule has 0 bridgehead atoms. The Balaban J connectivity index is 1.50. The second kappa shape index (κ2) is 13.9. The van der Waals surface area contributed by atoms with E-state index in [9.17, 15) is 24.3 Å². The molecule has 0 radical (unpaired) electrons. The zero-order valence-corrected chi connectivity index (χ0v) is 22.1. The number of esters is 1. The van der Waals surface area contributed by atoms with Crippen LogP contribution >= 0.6 is 0 Å². The van der Waals surface area contributed by atoms with Crippen molar-refractivity contribution < 1.29 is 29.0 Å². The Morgan fingerprint density at radius 2 is 1.87 bits per heavy atom. The number of hydrogen-bond acceptors (Lipinski definition) is 6. The molecule has 1 fully saturated rings. The maximum atomic E-state index is 13.4. The van der Waals surface area contributed by atoms with E-state index in [0.717, 1.165) is 36.5 Å². The average molecular weight is 536 g/mol. The van der Waals surface area contributed by atoms with Crippen LogP contribution in [0.3, 0.4) is 0 Å². The predicted molar refractivity (Wildman–Crippen MR) is 148 cm³/mol. The van der Waals surface area contributed by atoms with Crippen LogP contribution in [0.15, 0.2) is 54.6 Å². The molecular formula is C30H37N3O6. The van der Waals surface area contributed by atoms with Gasteiger partial charge < -0.3 is 25.4 Å². The van der Waals surface area contributed by atoms with E-state index in [2.05, 4.69) is 10.6 Å². The van der Waals surface area contributed by atoms with E-state index in [-0.39, 0.29) is 38.0 Å². The van der Waals surface area contributed by atoms with Crippen molar-refractivity contribution in [1.29, 1.82) is 0 Å². The molecular weight excluding hydrogens is 498 g/mol. The number of fused-ring (bicyclic) bond motifs is 1. The lowest BCUT2D eigenvalue weighted by Crippen LogP contribution is -2.49. The van der Waals surface area contributed by atoms with Gasteiger partial charge in [0.1, 0.15) is 12.6 Å². The van der Waals surface area contributed by atoms with E-state index in [4.69, 9.17) is 4.74 Å². The number of aliphatic hydroxyl groups excluding tert-OH is 1. The minimum Gasteiger partial charge on any atom is -0.463 e. The van der Waals surface area contributed by atoms with Crippen LogP contribution in [0.5, 0.6) is 0 Å². The number of rotatable bonds is 5. The number of carbonyl (C=O) groups excluding carboxylic acids is 4. The van der Waals surface area contributed by atoms with E-state index in [0.29, 0.717) is 25.1 Å². The second-order valence-corrected chi connectivity index (χ2v) is 10.2. The first-order chi connectivity index (χ1) is 18.9. The summed E-state index contributed by atoms with van der Waals surface area (Å²) in [4.78, 5) is 53.7. The Morgan fingerprint density at radius 3 is 2.69 bits per heavy atom. The number of benzene rings is 2. The van der Waals surface area contributed by atoms with Crippen molar-refractivity contribution in [3.8, 4) is 0 Å². The van der Waals surface area contributed by atoms with Gasteiger partial charge in [-0.1, -0.05) is 42.5 Å². The first-order valence-corrected chi connectivity index (χ1v) is 13.8. The molecule has 208 valence electrons. The zero-order chi connectivity index (χ0) is 27.6. The molecule has 2 aliphatic heterocycles. The van der Waals surface area contributed by atoms with Crippen LogP contribution in [-0.2, 0) is 23.9 Å². The number of allylic oxidation sites excluding steroid dienone is 2. The van der Waals surface area contributed by atoms with Gasteiger partial charge in [-0.15, -0.1) is 0 Å². The van der Waals surface area contributed by atoms with Crippen molar-refractivity contribution in [2.75, 3.05) is 25.1 Å². The molecule has 1 saturated heterocycles. The summed E-state index contributed by atoms with van der Waals surface area (Å²) in [5.41, 5.74) is 0.553. The highest BCUT2D eigenvalue weighted by Gasteiger charge is 2.33. The SMILES string of the molecule is O=C1CCCCC=CCC(CC(=O)N2CCCC2CO)C(=O)NC(C(=O)Nc2ccc3ccccc3c2)CO1. The van der Waals surface area contributed by atoms with Gasteiger partial charge in [0.05, 0.1) is 18.6 Å². The highest BCUT2D eigenvalue weighted by Crippen LogP contribution is 2.22.